The Hall–Kier alpha value is -0.890. The van der Waals surface area contributed by atoms with Crippen molar-refractivity contribution in [3.05, 3.63) is 0 Å². The van der Waals surface area contributed by atoms with E-state index in [1.54, 1.807) is 14.2 Å². The smallest absolute Gasteiger partial charge is 0.191 e. The van der Waals surface area contributed by atoms with E-state index in [0.29, 0.717) is 6.61 Å². The quantitative estimate of drug-likeness (QED) is 0.373. The van der Waals surface area contributed by atoms with E-state index in [2.05, 4.69) is 27.6 Å². The normalized spacial score (nSPS) is 22.3. The Morgan fingerprint density at radius 1 is 1.41 bits per heavy atom. The molecule has 1 fully saturated rings. The Kier molecular flexibility index (Phi) is 9.38. The Morgan fingerprint density at radius 2 is 2.23 bits per heavy atom. The van der Waals surface area contributed by atoms with Gasteiger partial charge >= 0.3 is 0 Å². The molecular formula is C15H32N4O3. The van der Waals surface area contributed by atoms with Gasteiger partial charge in [0, 0.05) is 59.0 Å². The van der Waals surface area contributed by atoms with Crippen molar-refractivity contribution in [3.8, 4) is 0 Å². The van der Waals surface area contributed by atoms with Gasteiger partial charge in [0.05, 0.1) is 13.2 Å². The minimum Gasteiger partial charge on any atom is -0.396 e. The molecule has 1 saturated heterocycles. The molecule has 0 saturated carbocycles. The van der Waals surface area contributed by atoms with Crippen LogP contribution in [0, 0.1) is 5.41 Å². The van der Waals surface area contributed by atoms with Crippen molar-refractivity contribution in [2.45, 2.75) is 12.8 Å². The summed E-state index contributed by atoms with van der Waals surface area (Å²) in [4.78, 5) is 6.46. The number of hydrogen-bond acceptors (Lipinski definition) is 5. The number of aliphatic imine (C=N–C) groups is 1. The molecular weight excluding hydrogens is 284 g/mol. The van der Waals surface area contributed by atoms with Crippen molar-refractivity contribution in [1.29, 1.82) is 0 Å². The Balaban J connectivity index is 2.27. The van der Waals surface area contributed by atoms with Gasteiger partial charge in [-0.1, -0.05) is 0 Å². The minimum absolute atomic E-state index is 0.0294. The first-order valence-corrected chi connectivity index (χ1v) is 7.96. The Labute approximate surface area is 134 Å². The first kappa shape index (κ1) is 19.2. The topological polar surface area (TPSA) is 78.4 Å². The lowest BCUT2D eigenvalue weighted by Gasteiger charge is -2.28. The first-order valence-electron chi connectivity index (χ1n) is 7.96. The first-order chi connectivity index (χ1) is 10.7. The summed E-state index contributed by atoms with van der Waals surface area (Å²) in [5.41, 5.74) is 0.0294. The fourth-order valence-electron chi connectivity index (χ4n) is 2.53. The molecule has 0 aromatic heterocycles. The third-order valence-corrected chi connectivity index (χ3v) is 4.14. The van der Waals surface area contributed by atoms with Crippen LogP contribution < -0.4 is 10.6 Å². The summed E-state index contributed by atoms with van der Waals surface area (Å²) in [5.74, 6) is 0.796. The molecule has 1 rings (SSSR count). The lowest BCUT2D eigenvalue weighted by atomic mass is 9.84. The monoisotopic (exact) mass is 316 g/mol. The highest BCUT2D eigenvalue weighted by molar-refractivity contribution is 5.79. The summed E-state index contributed by atoms with van der Waals surface area (Å²) >= 11 is 0. The number of aliphatic hydroxyl groups excluding tert-OH is 1. The number of rotatable bonds is 10. The fourth-order valence-corrected chi connectivity index (χ4v) is 2.53. The van der Waals surface area contributed by atoms with Gasteiger partial charge in [0.15, 0.2) is 5.96 Å². The predicted molar refractivity (Wildman–Crippen MR) is 88.3 cm³/mol. The third kappa shape index (κ3) is 6.91. The van der Waals surface area contributed by atoms with E-state index in [9.17, 15) is 5.11 Å². The van der Waals surface area contributed by atoms with Crippen molar-refractivity contribution < 1.29 is 14.6 Å². The molecule has 3 N–H and O–H groups in total. The van der Waals surface area contributed by atoms with Crippen LogP contribution in [-0.4, -0.2) is 89.8 Å². The molecule has 1 unspecified atom stereocenters. The fraction of sp³-hybridized carbons (Fsp3) is 0.933. The molecule has 1 aliphatic heterocycles. The molecule has 0 bridgehead atoms. The van der Waals surface area contributed by atoms with Gasteiger partial charge in [-0.2, -0.15) is 0 Å². The zero-order valence-electron chi connectivity index (χ0n) is 14.2. The average Bonchev–Trinajstić information content (AvgIpc) is 2.98. The number of hydrogen-bond donors (Lipinski definition) is 3. The van der Waals surface area contributed by atoms with Crippen LogP contribution in [0.4, 0.5) is 0 Å². The maximum Gasteiger partial charge on any atom is 0.191 e. The van der Waals surface area contributed by atoms with Crippen LogP contribution in [0.25, 0.3) is 0 Å². The summed E-state index contributed by atoms with van der Waals surface area (Å²) in [6.45, 7) is 5.86. The van der Waals surface area contributed by atoms with Gasteiger partial charge < -0.3 is 30.1 Å². The molecule has 22 heavy (non-hydrogen) atoms. The Morgan fingerprint density at radius 3 is 2.82 bits per heavy atom. The second-order valence-corrected chi connectivity index (χ2v) is 5.92. The summed E-state index contributed by atoms with van der Waals surface area (Å²) < 4.78 is 10.6. The highest BCUT2D eigenvalue weighted by atomic mass is 16.5. The molecule has 1 heterocycles. The SMILES string of the molecule is CN=C(NCCN(C)CCOC)NCC1(CCO)CCOC1. The third-order valence-electron chi connectivity index (χ3n) is 4.14. The zero-order valence-corrected chi connectivity index (χ0v) is 14.2. The van der Waals surface area contributed by atoms with Crippen molar-refractivity contribution in [3.63, 3.8) is 0 Å². The summed E-state index contributed by atoms with van der Waals surface area (Å²) in [6.07, 6.45) is 1.74. The molecule has 1 aliphatic rings. The molecule has 130 valence electrons. The summed E-state index contributed by atoms with van der Waals surface area (Å²) in [7, 11) is 5.56. The van der Waals surface area contributed by atoms with E-state index >= 15 is 0 Å². The maximum atomic E-state index is 9.24. The molecule has 7 nitrogen and oxygen atoms in total. The van der Waals surface area contributed by atoms with Gasteiger partial charge in [0.2, 0.25) is 0 Å². The highest BCUT2D eigenvalue weighted by Gasteiger charge is 2.34. The molecule has 0 aromatic rings. The lowest BCUT2D eigenvalue weighted by molar-refractivity contribution is 0.127. The molecule has 0 radical (unpaired) electrons. The second kappa shape index (κ2) is 10.8. The van der Waals surface area contributed by atoms with Gasteiger partial charge in [-0.05, 0) is 19.9 Å². The van der Waals surface area contributed by atoms with Crippen molar-refractivity contribution in [1.82, 2.24) is 15.5 Å². The lowest BCUT2D eigenvalue weighted by Crippen LogP contribution is -2.46. The van der Waals surface area contributed by atoms with Gasteiger partial charge in [0.25, 0.3) is 0 Å². The van der Waals surface area contributed by atoms with Crippen LogP contribution in [0.2, 0.25) is 0 Å². The van der Waals surface area contributed by atoms with E-state index in [1.807, 2.05) is 0 Å². The second-order valence-electron chi connectivity index (χ2n) is 5.92. The standard InChI is InChI=1S/C15H32N4O3/c1-16-14(17-6-7-19(2)8-11-21-3)18-12-15(4-9-20)5-10-22-13-15/h20H,4-13H2,1-3H3,(H2,16,17,18). The van der Waals surface area contributed by atoms with Crippen LogP contribution in [0.15, 0.2) is 4.99 Å². The number of guanidine groups is 1. The van der Waals surface area contributed by atoms with Crippen LogP contribution in [0.3, 0.4) is 0 Å². The number of aliphatic hydroxyl groups is 1. The van der Waals surface area contributed by atoms with Crippen LogP contribution >= 0.6 is 0 Å². The van der Waals surface area contributed by atoms with E-state index in [0.717, 1.165) is 58.2 Å². The van der Waals surface area contributed by atoms with E-state index in [4.69, 9.17) is 9.47 Å². The highest BCUT2D eigenvalue weighted by Crippen LogP contribution is 2.31. The van der Waals surface area contributed by atoms with E-state index in [-0.39, 0.29) is 12.0 Å². The molecule has 0 aliphatic carbocycles. The van der Waals surface area contributed by atoms with Crippen LogP contribution in [0.5, 0.6) is 0 Å². The molecule has 0 spiro atoms. The van der Waals surface area contributed by atoms with E-state index < -0.39 is 0 Å². The maximum absolute atomic E-state index is 9.24. The zero-order chi connectivity index (χ0) is 16.3. The number of likely N-dealkylation sites (N-methyl/N-ethyl adjacent to an activating group) is 1. The number of ether oxygens (including phenoxy) is 2. The van der Waals surface area contributed by atoms with E-state index in [1.165, 1.54) is 0 Å². The van der Waals surface area contributed by atoms with Crippen molar-refractivity contribution in [2.24, 2.45) is 10.4 Å². The van der Waals surface area contributed by atoms with Gasteiger partial charge in [-0.15, -0.1) is 0 Å². The van der Waals surface area contributed by atoms with Gasteiger partial charge in [-0.3, -0.25) is 4.99 Å². The van der Waals surface area contributed by atoms with Crippen molar-refractivity contribution >= 4 is 5.96 Å². The number of methoxy groups -OCH3 is 1. The molecule has 0 amide bonds. The van der Waals surface area contributed by atoms with Crippen LogP contribution in [-0.2, 0) is 9.47 Å². The van der Waals surface area contributed by atoms with Crippen LogP contribution in [0.1, 0.15) is 12.8 Å². The molecule has 7 heteroatoms. The summed E-state index contributed by atoms with van der Waals surface area (Å²) in [6, 6.07) is 0. The van der Waals surface area contributed by atoms with Gasteiger partial charge in [0.1, 0.15) is 0 Å². The molecule has 1 atom stereocenters. The Bertz CT molecular complexity index is 320. The van der Waals surface area contributed by atoms with Gasteiger partial charge in [-0.25, -0.2) is 0 Å². The number of nitrogens with zero attached hydrogens (tertiary/aromatic N) is 2. The summed E-state index contributed by atoms with van der Waals surface area (Å²) in [5, 5.41) is 15.9. The predicted octanol–water partition coefficient (Wildman–Crippen LogP) is -0.481. The number of nitrogens with one attached hydrogen (secondary N) is 2. The largest absolute Gasteiger partial charge is 0.396 e. The van der Waals surface area contributed by atoms with Crippen molar-refractivity contribution in [2.75, 3.05) is 73.8 Å². The minimum atomic E-state index is 0.0294. The average molecular weight is 316 g/mol. The molecule has 0 aromatic carbocycles.